The van der Waals surface area contributed by atoms with Gasteiger partial charge >= 0.3 is 0 Å². The molecule has 1 heterocycles. The molecule has 2 rings (SSSR count). The van der Waals surface area contributed by atoms with E-state index in [0.717, 1.165) is 38.2 Å². The Morgan fingerprint density at radius 3 is 2.78 bits per heavy atom. The average molecular weight is 289 g/mol. The van der Waals surface area contributed by atoms with E-state index in [1.165, 1.54) is 0 Å². The van der Waals surface area contributed by atoms with Crippen molar-refractivity contribution in [3.05, 3.63) is 33.8 Å². The quantitative estimate of drug-likeness (QED) is 0.896. The summed E-state index contributed by atoms with van der Waals surface area (Å²) in [5.41, 5.74) is 1.02. The fraction of sp³-hybridized carbons (Fsp3) is 0.538. The lowest BCUT2D eigenvalue weighted by Gasteiger charge is -2.29. The molecule has 0 bridgehead atoms. The normalized spacial score (nSPS) is 19.5. The number of halogens is 2. The Kier molecular flexibility index (Phi) is 5.27. The van der Waals surface area contributed by atoms with Gasteiger partial charge in [0.25, 0.3) is 0 Å². The van der Waals surface area contributed by atoms with Crippen LogP contribution in [-0.2, 0) is 0 Å². The number of benzene rings is 1. The molecule has 0 aliphatic carbocycles. The zero-order valence-corrected chi connectivity index (χ0v) is 11.7. The third-order valence-electron chi connectivity index (χ3n) is 3.32. The summed E-state index contributed by atoms with van der Waals surface area (Å²) in [5, 5.41) is 14.1. The van der Waals surface area contributed by atoms with Crippen molar-refractivity contribution in [2.24, 2.45) is 0 Å². The highest BCUT2D eigenvalue weighted by molar-refractivity contribution is 6.42. The monoisotopic (exact) mass is 288 g/mol. The number of nitrogens with one attached hydrogen (secondary N) is 1. The lowest BCUT2D eigenvalue weighted by Crippen LogP contribution is -2.34. The molecule has 1 unspecified atom stereocenters. The van der Waals surface area contributed by atoms with Gasteiger partial charge in [0.2, 0.25) is 0 Å². The van der Waals surface area contributed by atoms with Gasteiger partial charge in [-0.15, -0.1) is 0 Å². The molecule has 100 valence electrons. The van der Waals surface area contributed by atoms with Crippen molar-refractivity contribution in [1.29, 1.82) is 0 Å². The minimum absolute atomic E-state index is 0.000309. The highest BCUT2D eigenvalue weighted by Gasteiger charge is 2.21. The van der Waals surface area contributed by atoms with Crippen LogP contribution < -0.4 is 5.32 Å². The Labute approximate surface area is 118 Å². The zero-order valence-electron chi connectivity index (χ0n) is 10.2. The molecule has 3 nitrogen and oxygen atoms in total. The van der Waals surface area contributed by atoms with Crippen molar-refractivity contribution in [3.8, 4) is 0 Å². The van der Waals surface area contributed by atoms with Crippen LogP contribution in [0.25, 0.3) is 0 Å². The Balaban J connectivity index is 2.17. The number of aliphatic hydroxyl groups excluding tert-OH is 1. The third kappa shape index (κ3) is 3.37. The van der Waals surface area contributed by atoms with E-state index in [1.54, 1.807) is 6.07 Å². The van der Waals surface area contributed by atoms with Crippen LogP contribution in [0.15, 0.2) is 18.2 Å². The van der Waals surface area contributed by atoms with Crippen molar-refractivity contribution >= 4 is 23.2 Å². The summed E-state index contributed by atoms with van der Waals surface area (Å²) in [6.07, 6.45) is 1.10. The standard InChI is InChI=1S/C13H18Cl2N2O/c14-11-3-2-10(8-12(11)15)13(9-18)17-6-1-4-16-5-7-17/h2-3,8,13,16,18H,1,4-7,9H2. The summed E-state index contributed by atoms with van der Waals surface area (Å²) in [4.78, 5) is 2.29. The van der Waals surface area contributed by atoms with Crippen LogP contribution in [0, 0.1) is 0 Å². The summed E-state index contributed by atoms with van der Waals surface area (Å²) < 4.78 is 0. The highest BCUT2D eigenvalue weighted by Crippen LogP contribution is 2.28. The smallest absolute Gasteiger partial charge is 0.0628 e. The molecule has 0 saturated carbocycles. The number of hydrogen-bond donors (Lipinski definition) is 2. The SMILES string of the molecule is OCC(c1ccc(Cl)c(Cl)c1)N1CCCNCC1. The van der Waals surface area contributed by atoms with Crippen LogP contribution in [0.1, 0.15) is 18.0 Å². The molecule has 1 aliphatic rings. The molecule has 1 aliphatic heterocycles. The van der Waals surface area contributed by atoms with Crippen molar-refractivity contribution in [2.45, 2.75) is 12.5 Å². The molecule has 0 spiro atoms. The molecule has 0 aromatic heterocycles. The van der Waals surface area contributed by atoms with Crippen LogP contribution >= 0.6 is 23.2 Å². The molecular weight excluding hydrogens is 271 g/mol. The second kappa shape index (κ2) is 6.73. The van der Waals surface area contributed by atoms with E-state index < -0.39 is 0 Å². The predicted octanol–water partition coefficient (Wildman–Crippen LogP) is 2.32. The average Bonchev–Trinajstić information content (AvgIpc) is 2.64. The second-order valence-electron chi connectivity index (χ2n) is 4.51. The molecule has 1 aromatic rings. The van der Waals surface area contributed by atoms with Crippen LogP contribution in [0.4, 0.5) is 0 Å². The summed E-state index contributed by atoms with van der Waals surface area (Å²) >= 11 is 12.0. The maximum absolute atomic E-state index is 9.65. The van der Waals surface area contributed by atoms with Gasteiger partial charge in [-0.1, -0.05) is 29.3 Å². The first-order valence-electron chi connectivity index (χ1n) is 6.23. The number of hydrogen-bond acceptors (Lipinski definition) is 3. The Hall–Kier alpha value is -0.320. The van der Waals surface area contributed by atoms with E-state index in [-0.39, 0.29) is 12.6 Å². The molecule has 1 aromatic carbocycles. The van der Waals surface area contributed by atoms with Gasteiger partial charge in [0.15, 0.2) is 0 Å². The topological polar surface area (TPSA) is 35.5 Å². The molecular formula is C13H18Cl2N2O. The Bertz CT molecular complexity index is 393. The first kappa shape index (κ1) is 14.1. The van der Waals surface area contributed by atoms with Gasteiger partial charge in [0.05, 0.1) is 22.7 Å². The highest BCUT2D eigenvalue weighted by atomic mass is 35.5. The second-order valence-corrected chi connectivity index (χ2v) is 5.33. The molecule has 5 heteroatoms. The summed E-state index contributed by atoms with van der Waals surface area (Å²) in [5.74, 6) is 0. The van der Waals surface area contributed by atoms with Crippen molar-refractivity contribution in [1.82, 2.24) is 10.2 Å². The van der Waals surface area contributed by atoms with Crippen LogP contribution in [0.2, 0.25) is 10.0 Å². The maximum Gasteiger partial charge on any atom is 0.0628 e. The molecule has 1 saturated heterocycles. The van der Waals surface area contributed by atoms with E-state index in [4.69, 9.17) is 23.2 Å². The minimum atomic E-state index is -0.000309. The van der Waals surface area contributed by atoms with Gasteiger partial charge in [0.1, 0.15) is 0 Å². The van der Waals surface area contributed by atoms with Crippen molar-refractivity contribution in [2.75, 3.05) is 32.8 Å². The van der Waals surface area contributed by atoms with Crippen molar-refractivity contribution in [3.63, 3.8) is 0 Å². The number of nitrogens with zero attached hydrogens (tertiary/aromatic N) is 1. The zero-order chi connectivity index (χ0) is 13.0. The van der Waals surface area contributed by atoms with Gasteiger partial charge in [-0.25, -0.2) is 0 Å². The van der Waals surface area contributed by atoms with Crippen molar-refractivity contribution < 1.29 is 5.11 Å². The van der Waals surface area contributed by atoms with Crippen LogP contribution in [0.3, 0.4) is 0 Å². The van der Waals surface area contributed by atoms with E-state index in [9.17, 15) is 5.11 Å². The minimum Gasteiger partial charge on any atom is -0.394 e. The largest absolute Gasteiger partial charge is 0.394 e. The first-order chi connectivity index (χ1) is 8.72. The molecule has 1 fully saturated rings. The van der Waals surface area contributed by atoms with Crippen LogP contribution in [0.5, 0.6) is 0 Å². The first-order valence-corrected chi connectivity index (χ1v) is 6.98. The van der Waals surface area contributed by atoms with E-state index in [0.29, 0.717) is 10.0 Å². The Morgan fingerprint density at radius 1 is 1.22 bits per heavy atom. The van der Waals surface area contributed by atoms with E-state index >= 15 is 0 Å². The maximum atomic E-state index is 9.65. The number of aliphatic hydroxyl groups is 1. The molecule has 18 heavy (non-hydrogen) atoms. The fourth-order valence-corrected chi connectivity index (χ4v) is 2.64. The summed E-state index contributed by atoms with van der Waals surface area (Å²) in [6.45, 7) is 4.01. The van der Waals surface area contributed by atoms with Gasteiger partial charge in [-0.2, -0.15) is 0 Å². The molecule has 0 amide bonds. The summed E-state index contributed by atoms with van der Waals surface area (Å²) in [7, 11) is 0. The van der Waals surface area contributed by atoms with E-state index in [2.05, 4.69) is 10.2 Å². The van der Waals surface area contributed by atoms with Crippen LogP contribution in [-0.4, -0.2) is 42.8 Å². The third-order valence-corrected chi connectivity index (χ3v) is 4.06. The molecule has 1 atom stereocenters. The summed E-state index contributed by atoms with van der Waals surface area (Å²) in [6, 6.07) is 5.58. The van der Waals surface area contributed by atoms with E-state index in [1.807, 2.05) is 12.1 Å². The fourth-order valence-electron chi connectivity index (χ4n) is 2.33. The lowest BCUT2D eigenvalue weighted by molar-refractivity contribution is 0.130. The molecule has 2 N–H and O–H groups in total. The molecule has 0 radical (unpaired) electrons. The van der Waals surface area contributed by atoms with Gasteiger partial charge < -0.3 is 10.4 Å². The van der Waals surface area contributed by atoms with Gasteiger partial charge in [-0.05, 0) is 30.7 Å². The van der Waals surface area contributed by atoms with Gasteiger partial charge in [0, 0.05) is 19.6 Å². The Morgan fingerprint density at radius 2 is 2.06 bits per heavy atom. The predicted molar refractivity (Wildman–Crippen MR) is 75.3 cm³/mol. The number of rotatable bonds is 3. The van der Waals surface area contributed by atoms with Gasteiger partial charge in [-0.3, -0.25) is 4.90 Å². The lowest BCUT2D eigenvalue weighted by atomic mass is 10.1.